The molecule has 4 aromatic heterocycles. The summed E-state index contributed by atoms with van der Waals surface area (Å²) in [6, 6.07) is 17.7. The molecule has 4 heterocycles. The number of aryl methyl sites for hydroxylation is 1. The Balaban J connectivity index is 1.37. The van der Waals surface area contributed by atoms with E-state index in [1.165, 1.54) is 0 Å². The van der Waals surface area contributed by atoms with Crippen LogP contribution in [0, 0.1) is 0 Å². The lowest BCUT2D eigenvalue weighted by atomic mass is 10.1. The number of pyridine rings is 4. The van der Waals surface area contributed by atoms with Gasteiger partial charge in [0.25, 0.3) is 0 Å². The highest BCUT2D eigenvalue weighted by Crippen LogP contribution is 2.28. The quantitative estimate of drug-likeness (QED) is 0.360. The Labute approximate surface area is 191 Å². The van der Waals surface area contributed by atoms with Gasteiger partial charge < -0.3 is 15.8 Å². The van der Waals surface area contributed by atoms with E-state index in [-0.39, 0.29) is 6.17 Å². The molecule has 0 aliphatic carbocycles. The monoisotopic (exact) mass is 436 g/mol. The molecule has 7 heteroatoms. The van der Waals surface area contributed by atoms with Crippen LogP contribution in [0.4, 0.5) is 5.82 Å². The second kappa shape index (κ2) is 9.18. The molecule has 0 radical (unpaired) electrons. The smallest absolute Gasteiger partial charge is 0.137 e. The first-order valence-corrected chi connectivity index (χ1v) is 10.8. The first kappa shape index (κ1) is 20.8. The molecule has 1 atom stereocenters. The molecule has 0 saturated heterocycles. The Morgan fingerprint density at radius 3 is 2.70 bits per heavy atom. The lowest BCUT2D eigenvalue weighted by Gasteiger charge is -2.17. The van der Waals surface area contributed by atoms with Crippen molar-refractivity contribution in [2.45, 2.75) is 19.0 Å². The predicted octanol–water partition coefficient (Wildman–Crippen LogP) is 4.58. The lowest BCUT2D eigenvalue weighted by molar-refractivity contribution is 0.415. The highest BCUT2D eigenvalue weighted by Gasteiger charge is 2.12. The van der Waals surface area contributed by atoms with Gasteiger partial charge in [-0.2, -0.15) is 0 Å². The first-order chi connectivity index (χ1) is 16.2. The van der Waals surface area contributed by atoms with Gasteiger partial charge in [-0.05, 0) is 73.0 Å². The molecule has 0 fully saturated rings. The van der Waals surface area contributed by atoms with Crippen LogP contribution in [-0.4, -0.2) is 33.2 Å². The Kier molecular flexibility index (Phi) is 5.78. The molecule has 3 N–H and O–H groups in total. The summed E-state index contributed by atoms with van der Waals surface area (Å²) in [5.41, 5.74) is 11.2. The van der Waals surface area contributed by atoms with Crippen LogP contribution in [0.2, 0.25) is 0 Å². The number of anilines is 1. The number of ether oxygens (including phenoxy) is 1. The van der Waals surface area contributed by atoms with Gasteiger partial charge in [-0.25, -0.2) is 4.98 Å². The summed E-state index contributed by atoms with van der Waals surface area (Å²) in [6.07, 6.45) is 8.50. The minimum absolute atomic E-state index is 0.281. The van der Waals surface area contributed by atoms with Crippen molar-refractivity contribution in [2.75, 3.05) is 12.4 Å². The van der Waals surface area contributed by atoms with E-state index in [2.05, 4.69) is 26.3 Å². The van der Waals surface area contributed by atoms with Crippen LogP contribution in [0.5, 0.6) is 5.75 Å². The number of fused-ring (bicyclic) bond motifs is 2. The number of nitrogens with two attached hydrogens (primary N) is 1. The summed E-state index contributed by atoms with van der Waals surface area (Å²) in [6.45, 7) is 0. The summed E-state index contributed by atoms with van der Waals surface area (Å²) in [4.78, 5) is 18.1. The largest absolute Gasteiger partial charge is 0.497 e. The van der Waals surface area contributed by atoms with Crippen molar-refractivity contribution in [1.82, 2.24) is 19.9 Å². The number of methoxy groups -OCH3 is 1. The van der Waals surface area contributed by atoms with E-state index < -0.39 is 0 Å². The van der Waals surface area contributed by atoms with E-state index >= 15 is 0 Å². The zero-order chi connectivity index (χ0) is 22.6. The summed E-state index contributed by atoms with van der Waals surface area (Å²) in [7, 11) is 1.65. The predicted molar refractivity (Wildman–Crippen MR) is 131 cm³/mol. The standard InChI is InChI=1S/C26H24N6O/c1-33-20-7-5-18(6-8-20)23-14-24-21(3-2-11-29-24)26(31-23)32-25(27)9-4-17-13-19-16-28-12-10-22(19)30-15-17/h2-3,5-8,10-16,25H,4,9,27H2,1H3,(H,31,32). The van der Waals surface area contributed by atoms with Crippen molar-refractivity contribution < 1.29 is 4.74 Å². The fraction of sp³-hybridized carbons (Fsp3) is 0.154. The van der Waals surface area contributed by atoms with Crippen molar-refractivity contribution in [3.8, 4) is 17.0 Å². The average molecular weight is 437 g/mol. The van der Waals surface area contributed by atoms with Crippen LogP contribution in [-0.2, 0) is 6.42 Å². The third-order valence-electron chi connectivity index (χ3n) is 5.59. The zero-order valence-corrected chi connectivity index (χ0v) is 18.3. The molecular formula is C26H24N6O. The Bertz CT molecular complexity index is 1400. The minimum Gasteiger partial charge on any atom is -0.497 e. The molecule has 0 aliphatic heterocycles. The van der Waals surface area contributed by atoms with Crippen LogP contribution in [0.3, 0.4) is 0 Å². The number of nitrogens with zero attached hydrogens (tertiary/aromatic N) is 4. The third-order valence-corrected chi connectivity index (χ3v) is 5.59. The molecule has 1 unspecified atom stereocenters. The van der Waals surface area contributed by atoms with Crippen molar-refractivity contribution in [3.63, 3.8) is 0 Å². The number of rotatable bonds is 7. The van der Waals surface area contributed by atoms with Crippen molar-refractivity contribution in [3.05, 3.63) is 84.9 Å². The Hall–Kier alpha value is -4.10. The van der Waals surface area contributed by atoms with E-state index in [4.69, 9.17) is 15.5 Å². The van der Waals surface area contributed by atoms with Crippen LogP contribution >= 0.6 is 0 Å². The van der Waals surface area contributed by atoms with E-state index in [1.54, 1.807) is 19.5 Å². The number of aromatic nitrogens is 4. The fourth-order valence-corrected chi connectivity index (χ4v) is 3.82. The number of benzene rings is 1. The van der Waals surface area contributed by atoms with E-state index in [9.17, 15) is 0 Å². The topological polar surface area (TPSA) is 98.8 Å². The second-order valence-corrected chi connectivity index (χ2v) is 7.86. The maximum Gasteiger partial charge on any atom is 0.137 e. The summed E-state index contributed by atoms with van der Waals surface area (Å²) >= 11 is 0. The van der Waals surface area contributed by atoms with Gasteiger partial charge in [0.2, 0.25) is 0 Å². The van der Waals surface area contributed by atoms with E-state index in [0.717, 1.165) is 63.0 Å². The van der Waals surface area contributed by atoms with Crippen LogP contribution < -0.4 is 15.8 Å². The third kappa shape index (κ3) is 4.58. The van der Waals surface area contributed by atoms with Crippen molar-refractivity contribution in [1.29, 1.82) is 0 Å². The van der Waals surface area contributed by atoms with Gasteiger partial charge in [-0.15, -0.1) is 0 Å². The SMILES string of the molecule is COc1ccc(-c2cc3ncccc3c(NC(N)CCc3cnc4ccncc4c3)n2)cc1. The minimum atomic E-state index is -0.281. The summed E-state index contributed by atoms with van der Waals surface area (Å²) in [5.74, 6) is 1.52. The molecule has 164 valence electrons. The molecule has 7 nitrogen and oxygen atoms in total. The molecule has 0 bridgehead atoms. The van der Waals surface area contributed by atoms with Crippen LogP contribution in [0.25, 0.3) is 33.1 Å². The Morgan fingerprint density at radius 2 is 1.85 bits per heavy atom. The fourth-order valence-electron chi connectivity index (χ4n) is 3.82. The van der Waals surface area contributed by atoms with Gasteiger partial charge in [0, 0.05) is 41.1 Å². The molecule has 0 aliphatic rings. The molecule has 0 amide bonds. The summed E-state index contributed by atoms with van der Waals surface area (Å²) in [5, 5.41) is 5.36. The maximum absolute atomic E-state index is 6.46. The number of hydrogen-bond donors (Lipinski definition) is 2. The molecule has 5 rings (SSSR count). The second-order valence-electron chi connectivity index (χ2n) is 7.86. The zero-order valence-electron chi connectivity index (χ0n) is 18.3. The molecular weight excluding hydrogens is 412 g/mol. The van der Waals surface area contributed by atoms with Gasteiger partial charge in [0.05, 0.1) is 30.0 Å². The van der Waals surface area contributed by atoms with Crippen molar-refractivity contribution >= 4 is 27.6 Å². The molecule has 0 spiro atoms. The molecule has 5 aromatic rings. The number of hydrogen-bond acceptors (Lipinski definition) is 7. The van der Waals surface area contributed by atoms with E-state index in [1.807, 2.05) is 60.9 Å². The lowest BCUT2D eigenvalue weighted by Crippen LogP contribution is -2.30. The highest BCUT2D eigenvalue weighted by atomic mass is 16.5. The van der Waals surface area contributed by atoms with Crippen LogP contribution in [0.15, 0.2) is 79.4 Å². The van der Waals surface area contributed by atoms with Gasteiger partial charge >= 0.3 is 0 Å². The van der Waals surface area contributed by atoms with Crippen molar-refractivity contribution in [2.24, 2.45) is 5.73 Å². The molecule has 1 aromatic carbocycles. The van der Waals surface area contributed by atoms with Crippen LogP contribution in [0.1, 0.15) is 12.0 Å². The molecule has 0 saturated carbocycles. The van der Waals surface area contributed by atoms with Gasteiger partial charge in [0.1, 0.15) is 11.6 Å². The summed E-state index contributed by atoms with van der Waals surface area (Å²) < 4.78 is 5.27. The van der Waals surface area contributed by atoms with E-state index in [0.29, 0.717) is 0 Å². The van der Waals surface area contributed by atoms with Gasteiger partial charge in [-0.1, -0.05) is 0 Å². The maximum atomic E-state index is 6.46. The molecule has 33 heavy (non-hydrogen) atoms. The Morgan fingerprint density at radius 1 is 0.970 bits per heavy atom. The average Bonchev–Trinajstić information content (AvgIpc) is 2.87. The van der Waals surface area contributed by atoms with Gasteiger partial charge in [0.15, 0.2) is 0 Å². The normalized spacial score (nSPS) is 12.1. The number of nitrogens with one attached hydrogen (secondary N) is 1. The first-order valence-electron chi connectivity index (χ1n) is 10.8. The highest BCUT2D eigenvalue weighted by molar-refractivity contribution is 5.92. The van der Waals surface area contributed by atoms with Gasteiger partial charge in [-0.3, -0.25) is 15.0 Å².